The third kappa shape index (κ3) is 3.48. The fourth-order valence-electron chi connectivity index (χ4n) is 4.38. The van der Waals surface area contributed by atoms with Crippen LogP contribution in [0.2, 0.25) is 0 Å². The van der Waals surface area contributed by atoms with Crippen molar-refractivity contribution in [1.29, 1.82) is 0 Å². The Balaban J connectivity index is 1.27. The molecule has 5 rings (SSSR count). The fourth-order valence-corrected chi connectivity index (χ4v) is 5.46. The number of fused-ring (bicyclic) bond motifs is 2. The highest BCUT2D eigenvalue weighted by molar-refractivity contribution is 7.10. The molecule has 2 aliphatic rings. The maximum absolute atomic E-state index is 4.64. The molecule has 1 unspecified atom stereocenters. The van der Waals surface area contributed by atoms with Crippen molar-refractivity contribution in [3.8, 4) is 0 Å². The van der Waals surface area contributed by atoms with Crippen LogP contribution >= 0.6 is 11.3 Å². The van der Waals surface area contributed by atoms with Gasteiger partial charge in [0.15, 0.2) is 0 Å². The number of thiophene rings is 1. The number of aromatic nitrogens is 3. The summed E-state index contributed by atoms with van der Waals surface area (Å²) in [6, 6.07) is 12.8. The zero-order chi connectivity index (χ0) is 18.8. The SMILES string of the molecule is C(=Cc1ccccc1)CN1CCC(C2c3sccc3C=Cn3ncnc32)CC1. The number of piperidine rings is 1. The standard InChI is InChI=1S/C23H24N4S/c1-2-5-18(6-3-1)7-4-12-26-13-8-19(9-14-26)21-22-20(11-16-28-22)10-15-27-23(21)24-17-25-27/h1-7,10-11,15-17,19,21H,8-9,12-14H2. The molecule has 142 valence electrons. The summed E-state index contributed by atoms with van der Waals surface area (Å²) >= 11 is 1.86. The molecule has 0 radical (unpaired) electrons. The molecule has 4 nitrogen and oxygen atoms in total. The van der Waals surface area contributed by atoms with Crippen LogP contribution in [-0.4, -0.2) is 39.3 Å². The summed E-state index contributed by atoms with van der Waals surface area (Å²) in [5, 5.41) is 6.62. The summed E-state index contributed by atoms with van der Waals surface area (Å²) in [6.45, 7) is 3.30. The maximum Gasteiger partial charge on any atom is 0.140 e. The van der Waals surface area contributed by atoms with Gasteiger partial charge in [-0.25, -0.2) is 9.67 Å². The lowest BCUT2D eigenvalue weighted by molar-refractivity contribution is 0.189. The Labute approximate surface area is 169 Å². The molecule has 0 aliphatic carbocycles. The van der Waals surface area contributed by atoms with Gasteiger partial charge in [-0.15, -0.1) is 11.3 Å². The normalized spacial score (nSPS) is 20.2. The number of likely N-dealkylation sites (tertiary alicyclic amines) is 1. The van der Waals surface area contributed by atoms with E-state index in [1.165, 1.54) is 28.8 Å². The average molecular weight is 389 g/mol. The van der Waals surface area contributed by atoms with Gasteiger partial charge >= 0.3 is 0 Å². The summed E-state index contributed by atoms with van der Waals surface area (Å²) in [7, 11) is 0. The molecule has 1 saturated heterocycles. The van der Waals surface area contributed by atoms with Gasteiger partial charge in [-0.05, 0) is 60.5 Å². The van der Waals surface area contributed by atoms with Crippen LogP contribution in [0.4, 0.5) is 0 Å². The van der Waals surface area contributed by atoms with Gasteiger partial charge < -0.3 is 0 Å². The van der Waals surface area contributed by atoms with E-state index in [4.69, 9.17) is 0 Å². The van der Waals surface area contributed by atoms with Crippen LogP contribution in [0.25, 0.3) is 18.4 Å². The van der Waals surface area contributed by atoms with Gasteiger partial charge in [-0.2, -0.15) is 5.10 Å². The molecule has 28 heavy (non-hydrogen) atoms. The van der Waals surface area contributed by atoms with Crippen LogP contribution in [0.3, 0.4) is 0 Å². The molecule has 3 aromatic rings. The molecular weight excluding hydrogens is 364 g/mol. The van der Waals surface area contributed by atoms with Crippen molar-refractivity contribution in [3.63, 3.8) is 0 Å². The summed E-state index contributed by atoms with van der Waals surface area (Å²) in [4.78, 5) is 8.65. The molecule has 0 N–H and O–H groups in total. The highest BCUT2D eigenvalue weighted by atomic mass is 32.1. The van der Waals surface area contributed by atoms with Crippen LogP contribution in [0.5, 0.6) is 0 Å². The molecule has 0 bridgehead atoms. The van der Waals surface area contributed by atoms with Gasteiger partial charge in [0.25, 0.3) is 0 Å². The molecule has 5 heteroatoms. The molecular formula is C23H24N4S. The molecule has 1 aromatic carbocycles. The lowest BCUT2D eigenvalue weighted by Gasteiger charge is -2.35. The van der Waals surface area contributed by atoms with Crippen LogP contribution < -0.4 is 0 Å². The van der Waals surface area contributed by atoms with Crippen molar-refractivity contribution in [2.75, 3.05) is 19.6 Å². The zero-order valence-electron chi connectivity index (χ0n) is 15.8. The minimum Gasteiger partial charge on any atom is -0.300 e. The highest BCUT2D eigenvalue weighted by Crippen LogP contribution is 2.42. The number of benzene rings is 1. The van der Waals surface area contributed by atoms with Gasteiger partial charge in [0, 0.05) is 17.6 Å². The molecule has 4 heterocycles. The number of hydrogen-bond acceptors (Lipinski definition) is 4. The van der Waals surface area contributed by atoms with Crippen molar-refractivity contribution in [2.45, 2.75) is 18.8 Å². The summed E-state index contributed by atoms with van der Waals surface area (Å²) < 4.78 is 1.96. The largest absolute Gasteiger partial charge is 0.300 e. The molecule has 0 saturated carbocycles. The Bertz CT molecular complexity index is 933. The fraction of sp³-hybridized carbons (Fsp3) is 0.304. The summed E-state index contributed by atoms with van der Waals surface area (Å²) in [5.41, 5.74) is 2.60. The molecule has 2 aliphatic heterocycles. The lowest BCUT2D eigenvalue weighted by atomic mass is 9.82. The van der Waals surface area contributed by atoms with E-state index < -0.39 is 0 Å². The Morgan fingerprint density at radius 3 is 2.82 bits per heavy atom. The third-order valence-corrected chi connectivity index (χ3v) is 6.88. The molecule has 1 atom stereocenters. The monoisotopic (exact) mass is 388 g/mol. The zero-order valence-corrected chi connectivity index (χ0v) is 16.6. The molecule has 0 spiro atoms. The molecule has 2 aromatic heterocycles. The van der Waals surface area contributed by atoms with Crippen molar-refractivity contribution in [1.82, 2.24) is 19.7 Å². The van der Waals surface area contributed by atoms with E-state index >= 15 is 0 Å². The first kappa shape index (κ1) is 17.6. The third-order valence-electron chi connectivity index (χ3n) is 5.86. The smallest absolute Gasteiger partial charge is 0.140 e. The van der Waals surface area contributed by atoms with Gasteiger partial charge in [-0.1, -0.05) is 42.5 Å². The van der Waals surface area contributed by atoms with Crippen molar-refractivity contribution in [3.05, 3.63) is 76.0 Å². The van der Waals surface area contributed by atoms with Gasteiger partial charge in [-0.3, -0.25) is 4.90 Å². The Morgan fingerprint density at radius 2 is 1.96 bits per heavy atom. The van der Waals surface area contributed by atoms with Crippen LogP contribution in [-0.2, 0) is 0 Å². The quantitative estimate of drug-likeness (QED) is 0.641. The van der Waals surface area contributed by atoms with E-state index in [-0.39, 0.29) is 0 Å². The predicted octanol–water partition coefficient (Wildman–Crippen LogP) is 4.84. The first-order valence-corrected chi connectivity index (χ1v) is 10.9. The average Bonchev–Trinajstić information content (AvgIpc) is 3.36. The van der Waals surface area contributed by atoms with Crippen molar-refractivity contribution >= 4 is 29.7 Å². The molecule has 1 fully saturated rings. The van der Waals surface area contributed by atoms with Crippen molar-refractivity contribution < 1.29 is 0 Å². The molecule has 0 amide bonds. The second-order valence-electron chi connectivity index (χ2n) is 7.55. The van der Waals surface area contributed by atoms with E-state index in [1.54, 1.807) is 6.33 Å². The van der Waals surface area contributed by atoms with Crippen LogP contribution in [0.1, 0.15) is 40.6 Å². The van der Waals surface area contributed by atoms with E-state index in [9.17, 15) is 0 Å². The summed E-state index contributed by atoms with van der Waals surface area (Å²) in [6.07, 6.45) is 12.8. The van der Waals surface area contributed by atoms with E-state index in [1.807, 2.05) is 16.0 Å². The second kappa shape index (κ2) is 7.86. The first-order valence-electron chi connectivity index (χ1n) is 9.97. The van der Waals surface area contributed by atoms with Gasteiger partial charge in [0.2, 0.25) is 0 Å². The lowest BCUT2D eigenvalue weighted by Crippen LogP contribution is -2.36. The Hall–Kier alpha value is -2.50. The minimum absolute atomic E-state index is 0.356. The highest BCUT2D eigenvalue weighted by Gasteiger charge is 2.34. The Morgan fingerprint density at radius 1 is 1.11 bits per heavy atom. The maximum atomic E-state index is 4.64. The number of rotatable bonds is 4. The topological polar surface area (TPSA) is 34.0 Å². The number of hydrogen-bond donors (Lipinski definition) is 0. The van der Waals surface area contributed by atoms with E-state index in [0.717, 1.165) is 25.5 Å². The predicted molar refractivity (Wildman–Crippen MR) is 116 cm³/mol. The van der Waals surface area contributed by atoms with Crippen LogP contribution in [0, 0.1) is 5.92 Å². The summed E-state index contributed by atoms with van der Waals surface area (Å²) in [5.74, 6) is 2.07. The first-order chi connectivity index (χ1) is 13.9. The van der Waals surface area contributed by atoms with Crippen LogP contribution in [0.15, 0.2) is 54.2 Å². The Kier molecular flexibility index (Phi) is 4.93. The second-order valence-corrected chi connectivity index (χ2v) is 8.50. The van der Waals surface area contributed by atoms with E-state index in [2.05, 4.69) is 81.2 Å². The van der Waals surface area contributed by atoms with Crippen molar-refractivity contribution in [2.24, 2.45) is 5.92 Å². The number of nitrogens with zero attached hydrogens (tertiary/aromatic N) is 4. The minimum atomic E-state index is 0.356. The van der Waals surface area contributed by atoms with Gasteiger partial charge in [0.1, 0.15) is 12.2 Å². The van der Waals surface area contributed by atoms with E-state index in [0.29, 0.717) is 11.8 Å². The van der Waals surface area contributed by atoms with Gasteiger partial charge in [0.05, 0.1) is 5.92 Å².